The second-order valence-electron chi connectivity index (χ2n) is 13.6. The summed E-state index contributed by atoms with van der Waals surface area (Å²) in [5.74, 6) is -0.599. The van der Waals surface area contributed by atoms with E-state index in [-0.39, 0.29) is 0 Å². The molecule has 1 amide bonds. The van der Waals surface area contributed by atoms with Gasteiger partial charge in [0.1, 0.15) is 12.2 Å². The van der Waals surface area contributed by atoms with E-state index in [0.29, 0.717) is 19.3 Å². The highest BCUT2D eigenvalue weighted by atomic mass is 16.3. The zero-order chi connectivity index (χ0) is 33.9. The molecule has 0 bridgehead atoms. The second-order valence-corrected chi connectivity index (χ2v) is 13.6. The van der Waals surface area contributed by atoms with Crippen LogP contribution in [0.5, 0.6) is 0 Å². The molecule has 0 saturated heterocycles. The summed E-state index contributed by atoms with van der Waals surface area (Å²) in [5.41, 5.74) is 0. The largest absolute Gasteiger partial charge is 0.394 e. The van der Waals surface area contributed by atoms with Crippen LogP contribution in [0.4, 0.5) is 0 Å². The smallest absolute Gasteiger partial charge is 0.249 e. The molecule has 46 heavy (non-hydrogen) atoms. The first-order valence-corrected chi connectivity index (χ1v) is 19.7. The third-order valence-corrected chi connectivity index (χ3v) is 9.14. The van der Waals surface area contributed by atoms with Crippen LogP contribution in [0.25, 0.3) is 0 Å². The van der Waals surface area contributed by atoms with Gasteiger partial charge < -0.3 is 25.7 Å². The van der Waals surface area contributed by atoms with Crippen LogP contribution in [-0.2, 0) is 4.79 Å². The Bertz CT molecular complexity index is 697. The molecule has 272 valence electrons. The fourth-order valence-electron chi connectivity index (χ4n) is 5.95. The molecule has 6 heteroatoms. The molecule has 4 atom stereocenters. The first kappa shape index (κ1) is 44.8. The Kier molecular flexibility index (Phi) is 34.2. The van der Waals surface area contributed by atoms with E-state index in [1.54, 1.807) is 0 Å². The zero-order valence-electron chi connectivity index (χ0n) is 30.3. The van der Waals surface area contributed by atoms with Crippen molar-refractivity contribution in [1.29, 1.82) is 0 Å². The molecule has 0 saturated carbocycles. The quantitative estimate of drug-likeness (QED) is 0.0346. The topological polar surface area (TPSA) is 110 Å². The molecular formula is C40H77NO5. The SMILES string of the molecule is CCCCCCCCCCCC/C=C/CC/C=C/CCCC(O)C(O)C(CO)NC(=O)C(O)CCCCCCCCCCCCC. The number of carbonyl (C=O) groups is 1. The van der Waals surface area contributed by atoms with Crippen LogP contribution >= 0.6 is 0 Å². The van der Waals surface area contributed by atoms with Gasteiger partial charge in [-0.25, -0.2) is 0 Å². The van der Waals surface area contributed by atoms with Crippen LogP contribution in [0.3, 0.4) is 0 Å². The van der Waals surface area contributed by atoms with Gasteiger partial charge in [0.25, 0.3) is 0 Å². The molecule has 0 spiro atoms. The van der Waals surface area contributed by atoms with Gasteiger partial charge in [0.2, 0.25) is 5.91 Å². The highest BCUT2D eigenvalue weighted by Gasteiger charge is 2.28. The Balaban J connectivity index is 3.84. The van der Waals surface area contributed by atoms with Gasteiger partial charge in [-0.05, 0) is 51.4 Å². The molecule has 0 aliphatic heterocycles. The molecule has 5 N–H and O–H groups in total. The van der Waals surface area contributed by atoms with Gasteiger partial charge in [-0.15, -0.1) is 0 Å². The number of hydrogen-bond acceptors (Lipinski definition) is 5. The summed E-state index contributed by atoms with van der Waals surface area (Å²) in [4.78, 5) is 12.4. The fraction of sp³-hybridized carbons (Fsp3) is 0.875. The van der Waals surface area contributed by atoms with Crippen LogP contribution in [0.15, 0.2) is 24.3 Å². The summed E-state index contributed by atoms with van der Waals surface area (Å²) in [5, 5.41) is 43.4. The van der Waals surface area contributed by atoms with Crippen molar-refractivity contribution < 1.29 is 25.2 Å². The molecule has 0 aliphatic carbocycles. The van der Waals surface area contributed by atoms with Crippen molar-refractivity contribution in [3.8, 4) is 0 Å². The monoisotopic (exact) mass is 652 g/mol. The van der Waals surface area contributed by atoms with Gasteiger partial charge in [-0.2, -0.15) is 0 Å². The molecule has 0 aromatic heterocycles. The molecule has 0 radical (unpaired) electrons. The molecule has 4 unspecified atom stereocenters. The molecule has 0 aromatic carbocycles. The van der Waals surface area contributed by atoms with E-state index in [9.17, 15) is 25.2 Å². The lowest BCUT2D eigenvalue weighted by Gasteiger charge is -2.27. The number of hydrogen-bond donors (Lipinski definition) is 5. The van der Waals surface area contributed by atoms with Gasteiger partial charge in [0.05, 0.1) is 18.8 Å². The number of aliphatic hydroxyl groups is 4. The van der Waals surface area contributed by atoms with E-state index in [2.05, 4.69) is 43.5 Å². The molecule has 0 aliphatic rings. The average molecular weight is 652 g/mol. The van der Waals surface area contributed by atoms with E-state index in [4.69, 9.17) is 0 Å². The number of allylic oxidation sites excluding steroid dienone is 4. The highest BCUT2D eigenvalue weighted by Crippen LogP contribution is 2.15. The predicted molar refractivity (Wildman–Crippen MR) is 196 cm³/mol. The minimum Gasteiger partial charge on any atom is -0.394 e. The van der Waals surface area contributed by atoms with Crippen LogP contribution in [0, 0.1) is 0 Å². The first-order chi connectivity index (χ1) is 22.5. The Labute approximate surface area is 284 Å². The van der Waals surface area contributed by atoms with E-state index < -0.39 is 36.9 Å². The summed E-state index contributed by atoms with van der Waals surface area (Å²) in [6, 6.07) is -1.00. The fourth-order valence-corrected chi connectivity index (χ4v) is 5.95. The summed E-state index contributed by atoms with van der Waals surface area (Å²) in [6.45, 7) is 4.01. The molecule has 0 fully saturated rings. The van der Waals surface area contributed by atoms with Gasteiger partial charge in [0, 0.05) is 0 Å². The van der Waals surface area contributed by atoms with Crippen molar-refractivity contribution in [1.82, 2.24) is 5.32 Å². The number of unbranched alkanes of at least 4 members (excludes halogenated alkanes) is 22. The van der Waals surface area contributed by atoms with Crippen molar-refractivity contribution >= 4 is 5.91 Å². The van der Waals surface area contributed by atoms with E-state index in [1.807, 2.05) is 0 Å². The first-order valence-electron chi connectivity index (χ1n) is 19.7. The number of rotatable bonds is 35. The van der Waals surface area contributed by atoms with E-state index >= 15 is 0 Å². The van der Waals surface area contributed by atoms with Crippen molar-refractivity contribution in [2.45, 2.75) is 218 Å². The molecule has 0 rings (SSSR count). The lowest BCUT2D eigenvalue weighted by Crippen LogP contribution is -2.53. The summed E-state index contributed by atoms with van der Waals surface area (Å²) < 4.78 is 0. The Morgan fingerprint density at radius 3 is 1.37 bits per heavy atom. The molecule has 6 nitrogen and oxygen atoms in total. The Hall–Kier alpha value is -1.21. The van der Waals surface area contributed by atoms with Crippen LogP contribution < -0.4 is 5.32 Å². The number of carbonyl (C=O) groups excluding carboxylic acids is 1. The lowest BCUT2D eigenvalue weighted by atomic mass is 10.00. The second kappa shape index (κ2) is 35.1. The van der Waals surface area contributed by atoms with Crippen molar-refractivity contribution in [2.75, 3.05) is 6.61 Å². The summed E-state index contributed by atoms with van der Waals surface area (Å²) in [6.07, 6.45) is 37.8. The Morgan fingerprint density at radius 1 is 0.522 bits per heavy atom. The zero-order valence-corrected chi connectivity index (χ0v) is 30.3. The molecule has 0 heterocycles. The summed E-state index contributed by atoms with van der Waals surface area (Å²) >= 11 is 0. The van der Waals surface area contributed by atoms with E-state index in [0.717, 1.165) is 38.5 Å². The predicted octanol–water partition coefficient (Wildman–Crippen LogP) is 9.62. The van der Waals surface area contributed by atoms with Crippen molar-refractivity contribution in [3.63, 3.8) is 0 Å². The third kappa shape index (κ3) is 29.0. The number of nitrogens with one attached hydrogen (secondary N) is 1. The van der Waals surface area contributed by atoms with Gasteiger partial charge in [-0.1, -0.05) is 167 Å². The van der Waals surface area contributed by atoms with Gasteiger partial charge >= 0.3 is 0 Å². The molecule has 0 aromatic rings. The van der Waals surface area contributed by atoms with Gasteiger partial charge in [-0.3, -0.25) is 4.79 Å². The van der Waals surface area contributed by atoms with Gasteiger partial charge in [0.15, 0.2) is 0 Å². The maximum absolute atomic E-state index is 12.4. The highest BCUT2D eigenvalue weighted by molar-refractivity contribution is 5.80. The third-order valence-electron chi connectivity index (χ3n) is 9.14. The van der Waals surface area contributed by atoms with Crippen LogP contribution in [0.2, 0.25) is 0 Å². The van der Waals surface area contributed by atoms with Crippen LogP contribution in [0.1, 0.15) is 194 Å². The van der Waals surface area contributed by atoms with Crippen molar-refractivity contribution in [2.24, 2.45) is 0 Å². The normalized spacial score (nSPS) is 14.7. The maximum atomic E-state index is 12.4. The lowest BCUT2D eigenvalue weighted by molar-refractivity contribution is -0.132. The number of amides is 1. The average Bonchev–Trinajstić information content (AvgIpc) is 3.06. The Morgan fingerprint density at radius 2 is 0.913 bits per heavy atom. The van der Waals surface area contributed by atoms with Crippen LogP contribution in [-0.4, -0.2) is 57.3 Å². The van der Waals surface area contributed by atoms with E-state index in [1.165, 1.54) is 122 Å². The standard InChI is InChI=1S/C40H77NO5/c1-3-5-7-9-11-13-15-16-17-18-19-20-21-22-24-25-27-29-31-33-37(43)39(45)36(35-42)41-40(46)38(44)34-32-30-28-26-23-14-12-10-8-6-4-2/h20-21,25,27,36-39,42-45H,3-19,22-24,26,28-35H2,1-2H3,(H,41,46)/b21-20+,27-25+. The minimum atomic E-state index is -1.28. The molecular weight excluding hydrogens is 574 g/mol. The number of aliphatic hydroxyl groups excluding tert-OH is 4. The minimum absolute atomic E-state index is 0.362. The van der Waals surface area contributed by atoms with Crippen molar-refractivity contribution in [3.05, 3.63) is 24.3 Å². The maximum Gasteiger partial charge on any atom is 0.249 e. The summed E-state index contributed by atoms with van der Waals surface area (Å²) in [7, 11) is 0.